The second-order valence-electron chi connectivity index (χ2n) is 8.65. The average Bonchev–Trinajstić information content (AvgIpc) is 3.43. The minimum Gasteiger partial charge on any atom is -0.478 e. The molecule has 0 radical (unpaired) electrons. The number of nitrogens with zero attached hydrogens (tertiary/aromatic N) is 3. The molecule has 0 fully saturated rings. The minimum absolute atomic E-state index is 0.0483. The third-order valence-electron chi connectivity index (χ3n) is 5.83. The van der Waals surface area contributed by atoms with Crippen molar-refractivity contribution in [3.63, 3.8) is 0 Å². The fourth-order valence-corrected chi connectivity index (χ4v) is 4.82. The normalized spacial score (nSPS) is 15.2. The van der Waals surface area contributed by atoms with Crippen LogP contribution in [0.15, 0.2) is 98.1 Å². The third kappa shape index (κ3) is 7.00. The molecule has 1 aromatic heterocycles. The number of amides is 1. The predicted octanol–water partition coefficient (Wildman–Crippen LogP) is 2.95. The van der Waals surface area contributed by atoms with Crippen LogP contribution >= 0.6 is 0 Å². The van der Waals surface area contributed by atoms with E-state index in [0.717, 1.165) is 34.0 Å². The number of allylic oxidation sites excluding steroid dienone is 4. The molecule has 0 bridgehead atoms. The van der Waals surface area contributed by atoms with Crippen LogP contribution in [0, 0.1) is 0 Å². The van der Waals surface area contributed by atoms with E-state index in [0.29, 0.717) is 5.69 Å². The van der Waals surface area contributed by atoms with Gasteiger partial charge in [0.2, 0.25) is 11.8 Å². The smallest absolute Gasteiger partial charge is 0.294 e. The second-order valence-corrected chi connectivity index (χ2v) is 11.5. The number of nitrogens with one attached hydrogen (secondary N) is 1. The van der Waals surface area contributed by atoms with E-state index in [-0.39, 0.29) is 51.6 Å². The van der Waals surface area contributed by atoms with Gasteiger partial charge in [-0.15, -0.1) is 5.10 Å². The lowest BCUT2D eigenvalue weighted by Crippen LogP contribution is -2.21. The fraction of sp³-hybridized carbons (Fsp3) is 0.148. The third-order valence-corrected chi connectivity index (χ3v) is 7.56. The summed E-state index contributed by atoms with van der Waals surface area (Å²) in [6.45, 7) is 3.93. The molecule has 1 amide bonds. The van der Waals surface area contributed by atoms with Gasteiger partial charge in [0.05, 0.1) is 34.4 Å². The molecule has 0 atom stereocenters. The maximum absolute atomic E-state index is 13.1. The van der Waals surface area contributed by atoms with Crippen LogP contribution in [-0.4, -0.2) is 60.7 Å². The zero-order valence-electron chi connectivity index (χ0n) is 22.7. The summed E-state index contributed by atoms with van der Waals surface area (Å²) in [5.41, 5.74) is 0.363. The van der Waals surface area contributed by atoms with Crippen molar-refractivity contribution in [2.75, 3.05) is 18.2 Å². The number of hydrogen-bond donors (Lipinski definition) is 3. The second kappa shape index (κ2) is 12.6. The Hall–Kier alpha value is -4.77. The number of H-pyrrole nitrogens is 1. The number of aromatic amines is 1. The summed E-state index contributed by atoms with van der Waals surface area (Å²) in [6.07, 6.45) is 7.57. The highest BCUT2D eigenvalue weighted by Crippen LogP contribution is 2.25. The first kappa shape index (κ1) is 31.2. The molecule has 16 heteroatoms. The molecule has 43 heavy (non-hydrogen) atoms. The van der Waals surface area contributed by atoms with Crippen LogP contribution in [0.5, 0.6) is 5.88 Å². The van der Waals surface area contributed by atoms with Crippen LogP contribution in [0.25, 0.3) is 11.8 Å². The van der Waals surface area contributed by atoms with Crippen LogP contribution in [0.2, 0.25) is 0 Å². The van der Waals surface area contributed by atoms with Crippen LogP contribution in [0.3, 0.4) is 0 Å². The highest BCUT2D eigenvalue weighted by Gasteiger charge is 2.32. The van der Waals surface area contributed by atoms with Crippen molar-refractivity contribution < 1.29 is 40.2 Å². The molecule has 0 saturated heterocycles. The zero-order valence-corrected chi connectivity index (χ0v) is 24.4. The summed E-state index contributed by atoms with van der Waals surface area (Å²) in [5.74, 6) is -0.322. The highest BCUT2D eigenvalue weighted by molar-refractivity contribution is 7.86. The molecule has 4 rings (SSSR count). The molecule has 0 saturated carbocycles. The Morgan fingerprint density at radius 1 is 0.814 bits per heavy atom. The van der Waals surface area contributed by atoms with Gasteiger partial charge in [0.25, 0.3) is 31.7 Å². The van der Waals surface area contributed by atoms with E-state index in [1.165, 1.54) is 42.5 Å². The summed E-state index contributed by atoms with van der Waals surface area (Å²) in [4.78, 5) is 25.5. The minimum atomic E-state index is -4.40. The maximum Gasteiger partial charge on any atom is 0.294 e. The van der Waals surface area contributed by atoms with Gasteiger partial charge in [0.1, 0.15) is 11.1 Å². The number of rotatable bonds is 10. The molecule has 0 unspecified atom stereocenters. The molecule has 0 aliphatic carbocycles. The van der Waals surface area contributed by atoms with Crippen molar-refractivity contribution in [3.8, 4) is 11.6 Å². The topological polar surface area (TPSA) is 198 Å². The Morgan fingerprint density at radius 2 is 1.37 bits per heavy atom. The Balaban J connectivity index is 1.56. The molecule has 2 aromatic carbocycles. The lowest BCUT2D eigenvalue weighted by atomic mass is 10.2. The molecular weight excluding hydrogens is 604 g/mol. The number of benzene rings is 2. The fourth-order valence-electron chi connectivity index (χ4n) is 3.86. The highest BCUT2D eigenvalue weighted by atomic mass is 32.2. The van der Waals surface area contributed by atoms with Crippen molar-refractivity contribution >= 4 is 43.8 Å². The first-order chi connectivity index (χ1) is 20.3. The Bertz CT molecular complexity index is 1920. The van der Waals surface area contributed by atoms with E-state index in [9.17, 15) is 35.5 Å². The molecule has 3 aromatic rings. The number of anilines is 1. The SMILES string of the molecule is CCOC1=NN(c2ccc(S(=O)(=O)O)cc2)C(=O)\C1=C/C=C\C=C\c1c(OCC)[nH]n(-c2ccc(S(=O)(=O)O)cc2)c1=O. The lowest BCUT2D eigenvalue weighted by molar-refractivity contribution is -0.114. The summed E-state index contributed by atoms with van der Waals surface area (Å²) in [6, 6.07) is 9.92. The van der Waals surface area contributed by atoms with Crippen LogP contribution in [-0.2, 0) is 29.8 Å². The van der Waals surface area contributed by atoms with Gasteiger partial charge in [-0.3, -0.25) is 23.8 Å². The van der Waals surface area contributed by atoms with E-state index in [1.807, 2.05) is 0 Å². The summed E-state index contributed by atoms with van der Waals surface area (Å²) in [5, 5.41) is 8.03. The van der Waals surface area contributed by atoms with Gasteiger partial charge < -0.3 is 9.47 Å². The molecule has 0 spiro atoms. The first-order valence-corrected chi connectivity index (χ1v) is 15.5. The molecule has 14 nitrogen and oxygen atoms in total. The van der Waals surface area contributed by atoms with Crippen LogP contribution in [0.1, 0.15) is 19.4 Å². The van der Waals surface area contributed by atoms with E-state index in [4.69, 9.17) is 9.47 Å². The van der Waals surface area contributed by atoms with Gasteiger partial charge in [0.15, 0.2) is 0 Å². The number of hydrogen-bond acceptors (Lipinski definition) is 9. The Labute approximate surface area is 246 Å². The number of carbonyl (C=O) groups excluding carboxylic acids is 1. The monoisotopic (exact) mass is 630 g/mol. The Morgan fingerprint density at radius 3 is 1.91 bits per heavy atom. The molecule has 226 valence electrons. The maximum atomic E-state index is 13.1. The molecule has 1 aliphatic rings. The number of ether oxygens (including phenoxy) is 2. The van der Waals surface area contributed by atoms with Crippen LogP contribution < -0.4 is 15.3 Å². The van der Waals surface area contributed by atoms with Crippen molar-refractivity contribution in [3.05, 3.63) is 94.3 Å². The molecule has 1 aliphatic heterocycles. The van der Waals surface area contributed by atoms with Crippen molar-refractivity contribution in [2.45, 2.75) is 23.6 Å². The standard InChI is InChI=1S/C27H26N4O10S2/c1-3-40-24-22(26(32)30(28-24)18-10-14-20(15-11-18)42(34,35)36)8-6-5-7-9-23-25(41-4-2)29-31(27(23)33)19-12-16-21(17-13-19)43(37,38)39/h5-17,28H,3-4H2,1-2H3,(H,34,35,36)(H,37,38,39)/b7-5-,8-6+,23-9-. The van der Waals surface area contributed by atoms with Gasteiger partial charge in [-0.25, -0.2) is 4.68 Å². The van der Waals surface area contributed by atoms with Gasteiger partial charge in [-0.05, 0) is 74.5 Å². The average molecular weight is 631 g/mol. The van der Waals surface area contributed by atoms with Gasteiger partial charge in [-0.1, -0.05) is 18.2 Å². The molecule has 3 N–H and O–H groups in total. The molecular formula is C27H26N4O10S2. The zero-order chi connectivity index (χ0) is 31.4. The summed E-state index contributed by atoms with van der Waals surface area (Å²) in [7, 11) is -8.80. The molecule has 2 heterocycles. The van der Waals surface area contributed by atoms with Gasteiger partial charge >= 0.3 is 0 Å². The predicted molar refractivity (Wildman–Crippen MR) is 156 cm³/mol. The first-order valence-electron chi connectivity index (χ1n) is 12.6. The van der Waals surface area contributed by atoms with Gasteiger partial charge in [-0.2, -0.15) is 21.8 Å². The summed E-state index contributed by atoms with van der Waals surface area (Å²) < 4.78 is 75.8. The van der Waals surface area contributed by atoms with E-state index >= 15 is 0 Å². The van der Waals surface area contributed by atoms with Gasteiger partial charge in [0, 0.05) is 0 Å². The lowest BCUT2D eigenvalue weighted by Gasteiger charge is -2.11. The Kier molecular flexibility index (Phi) is 9.15. The number of hydrazone groups is 1. The van der Waals surface area contributed by atoms with E-state index in [1.54, 1.807) is 26.0 Å². The largest absolute Gasteiger partial charge is 0.478 e. The number of aromatic nitrogens is 2. The van der Waals surface area contributed by atoms with E-state index in [2.05, 4.69) is 10.2 Å². The number of carbonyl (C=O) groups is 1. The van der Waals surface area contributed by atoms with Crippen molar-refractivity contribution in [1.82, 2.24) is 9.78 Å². The van der Waals surface area contributed by atoms with Crippen LogP contribution in [0.4, 0.5) is 5.69 Å². The van der Waals surface area contributed by atoms with Crippen molar-refractivity contribution in [1.29, 1.82) is 0 Å². The van der Waals surface area contributed by atoms with E-state index < -0.39 is 31.7 Å². The summed E-state index contributed by atoms with van der Waals surface area (Å²) >= 11 is 0. The van der Waals surface area contributed by atoms with Crippen molar-refractivity contribution in [2.24, 2.45) is 5.10 Å². The quantitative estimate of drug-likeness (QED) is 0.170.